The van der Waals surface area contributed by atoms with Crippen LogP contribution in [0.5, 0.6) is 0 Å². The summed E-state index contributed by atoms with van der Waals surface area (Å²) >= 11 is 5.86. The number of halogens is 1. The van der Waals surface area contributed by atoms with Crippen molar-refractivity contribution in [2.75, 3.05) is 6.54 Å². The fourth-order valence-electron chi connectivity index (χ4n) is 1.22. The van der Waals surface area contributed by atoms with Gasteiger partial charge in [-0.2, -0.15) is 0 Å². The maximum Gasteiger partial charge on any atom is 0.307 e. The normalized spacial score (nSPS) is 13.3. The standard InChI is InChI=1S/C11H14ClNO4S/c1-7-3-4-10(9(12)5-7)18(16,17)13-6-8(2)11(14)15/h3-5,8,13H,6H2,1-2H3,(H,14,15). The predicted molar refractivity (Wildman–Crippen MR) is 68.2 cm³/mol. The Bertz CT molecular complexity index is 556. The summed E-state index contributed by atoms with van der Waals surface area (Å²) in [5.41, 5.74) is 0.845. The lowest BCUT2D eigenvalue weighted by Crippen LogP contribution is -2.31. The molecule has 0 amide bonds. The van der Waals surface area contributed by atoms with Crippen molar-refractivity contribution in [3.63, 3.8) is 0 Å². The van der Waals surface area contributed by atoms with Gasteiger partial charge in [0.25, 0.3) is 0 Å². The summed E-state index contributed by atoms with van der Waals surface area (Å²) in [4.78, 5) is 10.6. The zero-order chi connectivity index (χ0) is 13.9. The van der Waals surface area contributed by atoms with E-state index in [9.17, 15) is 13.2 Å². The molecule has 1 unspecified atom stereocenters. The zero-order valence-corrected chi connectivity index (χ0v) is 11.5. The summed E-state index contributed by atoms with van der Waals surface area (Å²) in [6.07, 6.45) is 0. The molecule has 1 atom stereocenters. The Morgan fingerprint density at radius 3 is 2.61 bits per heavy atom. The number of benzene rings is 1. The molecule has 0 fully saturated rings. The smallest absolute Gasteiger partial charge is 0.307 e. The van der Waals surface area contributed by atoms with Crippen molar-refractivity contribution in [1.29, 1.82) is 0 Å². The first-order valence-corrected chi connectivity index (χ1v) is 7.09. The van der Waals surface area contributed by atoms with Crippen LogP contribution in [0.1, 0.15) is 12.5 Å². The number of hydrogen-bond acceptors (Lipinski definition) is 3. The molecule has 1 aromatic rings. The van der Waals surface area contributed by atoms with E-state index in [0.717, 1.165) is 5.56 Å². The second kappa shape index (κ2) is 5.69. The number of aliphatic carboxylic acids is 1. The highest BCUT2D eigenvalue weighted by molar-refractivity contribution is 7.89. The first kappa shape index (κ1) is 14.9. The lowest BCUT2D eigenvalue weighted by atomic mass is 10.2. The first-order chi connectivity index (χ1) is 8.24. The fraction of sp³-hybridized carbons (Fsp3) is 0.364. The van der Waals surface area contributed by atoms with E-state index < -0.39 is 21.9 Å². The van der Waals surface area contributed by atoms with E-state index in [1.807, 2.05) is 0 Å². The average molecular weight is 292 g/mol. The minimum absolute atomic E-state index is 0.0487. The molecule has 7 heteroatoms. The number of aryl methyl sites for hydroxylation is 1. The van der Waals surface area contributed by atoms with Crippen LogP contribution in [0.3, 0.4) is 0 Å². The van der Waals surface area contributed by atoms with E-state index in [0.29, 0.717) is 0 Å². The molecule has 0 aromatic heterocycles. The number of carbonyl (C=O) groups is 1. The van der Waals surface area contributed by atoms with Gasteiger partial charge in [0, 0.05) is 6.54 Å². The molecule has 0 spiro atoms. The summed E-state index contributed by atoms with van der Waals surface area (Å²) in [5, 5.41) is 8.80. The van der Waals surface area contributed by atoms with E-state index in [4.69, 9.17) is 16.7 Å². The molecule has 0 saturated carbocycles. The summed E-state index contributed by atoms with van der Waals surface area (Å²) in [6.45, 7) is 3.03. The van der Waals surface area contributed by atoms with Crippen LogP contribution in [-0.2, 0) is 14.8 Å². The maximum absolute atomic E-state index is 11.9. The van der Waals surface area contributed by atoms with Crippen molar-refractivity contribution in [3.05, 3.63) is 28.8 Å². The molecule has 0 aliphatic carbocycles. The van der Waals surface area contributed by atoms with Gasteiger partial charge in [-0.3, -0.25) is 4.79 Å². The number of hydrogen-bond donors (Lipinski definition) is 2. The van der Waals surface area contributed by atoms with Crippen LogP contribution in [0.2, 0.25) is 5.02 Å². The fourth-order valence-corrected chi connectivity index (χ4v) is 2.95. The average Bonchev–Trinajstić information content (AvgIpc) is 2.25. The number of carboxylic acids is 1. The van der Waals surface area contributed by atoms with E-state index in [1.54, 1.807) is 13.0 Å². The van der Waals surface area contributed by atoms with Crippen LogP contribution in [0, 0.1) is 12.8 Å². The Labute approximate surface area is 111 Å². The van der Waals surface area contributed by atoms with Crippen molar-refractivity contribution < 1.29 is 18.3 Å². The van der Waals surface area contributed by atoms with Gasteiger partial charge in [-0.05, 0) is 24.6 Å². The van der Waals surface area contributed by atoms with Gasteiger partial charge in [-0.1, -0.05) is 24.6 Å². The van der Waals surface area contributed by atoms with Gasteiger partial charge in [0.05, 0.1) is 10.9 Å². The molecule has 5 nitrogen and oxygen atoms in total. The molecule has 2 N–H and O–H groups in total. The Morgan fingerprint density at radius 1 is 1.50 bits per heavy atom. The van der Waals surface area contributed by atoms with Crippen molar-refractivity contribution in [2.24, 2.45) is 5.92 Å². The predicted octanol–water partition coefficient (Wildman–Crippen LogP) is 1.65. The van der Waals surface area contributed by atoms with Gasteiger partial charge < -0.3 is 5.11 Å². The lowest BCUT2D eigenvalue weighted by molar-refractivity contribution is -0.140. The SMILES string of the molecule is Cc1ccc(S(=O)(=O)NCC(C)C(=O)O)c(Cl)c1. The van der Waals surface area contributed by atoms with Crippen LogP contribution in [-0.4, -0.2) is 26.0 Å². The minimum Gasteiger partial charge on any atom is -0.481 e. The summed E-state index contributed by atoms with van der Waals surface area (Å²) < 4.78 is 26.0. The van der Waals surface area contributed by atoms with Gasteiger partial charge in [-0.25, -0.2) is 13.1 Å². The number of nitrogens with one attached hydrogen (secondary N) is 1. The van der Waals surface area contributed by atoms with Crippen molar-refractivity contribution in [3.8, 4) is 0 Å². The van der Waals surface area contributed by atoms with E-state index in [2.05, 4.69) is 4.72 Å². The molecule has 0 bridgehead atoms. The molecule has 18 heavy (non-hydrogen) atoms. The molecular weight excluding hydrogens is 278 g/mol. The summed E-state index contributed by atoms with van der Waals surface area (Å²) in [5.74, 6) is -1.86. The summed E-state index contributed by atoms with van der Waals surface area (Å²) in [7, 11) is -3.78. The first-order valence-electron chi connectivity index (χ1n) is 5.22. The molecule has 0 radical (unpaired) electrons. The third-order valence-corrected chi connectivity index (χ3v) is 4.28. The van der Waals surface area contributed by atoms with Crippen LogP contribution in [0.15, 0.2) is 23.1 Å². The highest BCUT2D eigenvalue weighted by atomic mass is 35.5. The zero-order valence-electron chi connectivity index (χ0n) is 9.97. The Kier molecular flexibility index (Phi) is 4.72. The number of rotatable bonds is 5. The summed E-state index contributed by atoms with van der Waals surface area (Å²) in [6, 6.07) is 4.56. The topological polar surface area (TPSA) is 83.5 Å². The molecule has 0 aliphatic heterocycles. The molecular formula is C11H14ClNO4S. The molecule has 100 valence electrons. The largest absolute Gasteiger partial charge is 0.481 e. The number of sulfonamides is 1. The molecule has 1 aromatic carbocycles. The highest BCUT2D eigenvalue weighted by Crippen LogP contribution is 2.22. The highest BCUT2D eigenvalue weighted by Gasteiger charge is 2.20. The van der Waals surface area contributed by atoms with E-state index in [-0.39, 0.29) is 16.5 Å². The minimum atomic E-state index is -3.78. The van der Waals surface area contributed by atoms with Gasteiger partial charge in [0.15, 0.2) is 0 Å². The van der Waals surface area contributed by atoms with Crippen LogP contribution in [0.25, 0.3) is 0 Å². The third-order valence-electron chi connectivity index (χ3n) is 2.38. The molecule has 0 aliphatic rings. The third kappa shape index (κ3) is 3.69. The van der Waals surface area contributed by atoms with Gasteiger partial charge in [-0.15, -0.1) is 0 Å². The van der Waals surface area contributed by atoms with Gasteiger partial charge >= 0.3 is 5.97 Å². The number of carboxylic acid groups (broad SMARTS) is 1. The van der Waals surface area contributed by atoms with Crippen molar-refractivity contribution in [2.45, 2.75) is 18.7 Å². The van der Waals surface area contributed by atoms with E-state index >= 15 is 0 Å². The maximum atomic E-state index is 11.9. The second-order valence-electron chi connectivity index (χ2n) is 4.03. The monoisotopic (exact) mass is 291 g/mol. The van der Waals surface area contributed by atoms with Gasteiger partial charge in [0.2, 0.25) is 10.0 Å². The molecule has 0 heterocycles. The van der Waals surface area contributed by atoms with E-state index in [1.165, 1.54) is 19.1 Å². The van der Waals surface area contributed by atoms with Crippen LogP contribution < -0.4 is 4.72 Å². The van der Waals surface area contributed by atoms with Crippen LogP contribution in [0.4, 0.5) is 0 Å². The quantitative estimate of drug-likeness (QED) is 0.864. The molecule has 0 saturated heterocycles. The van der Waals surface area contributed by atoms with Crippen molar-refractivity contribution in [1.82, 2.24) is 4.72 Å². The van der Waals surface area contributed by atoms with Crippen molar-refractivity contribution >= 4 is 27.6 Å². The van der Waals surface area contributed by atoms with Gasteiger partial charge in [0.1, 0.15) is 4.90 Å². The Balaban J connectivity index is 2.90. The second-order valence-corrected chi connectivity index (χ2v) is 6.17. The molecule has 1 rings (SSSR count). The Morgan fingerprint density at radius 2 is 2.11 bits per heavy atom. The lowest BCUT2D eigenvalue weighted by Gasteiger charge is -2.10. The Hall–Kier alpha value is -1.11. The van der Waals surface area contributed by atoms with Crippen LogP contribution >= 0.6 is 11.6 Å².